The van der Waals surface area contributed by atoms with Gasteiger partial charge in [0.25, 0.3) is 0 Å². The van der Waals surface area contributed by atoms with E-state index in [1.54, 1.807) is 14.1 Å². The first-order valence-corrected chi connectivity index (χ1v) is 8.18. The first-order chi connectivity index (χ1) is 8.95. The molecule has 0 heterocycles. The van der Waals surface area contributed by atoms with Crippen LogP contribution in [0.1, 0.15) is 12.5 Å². The highest BCUT2D eigenvalue weighted by molar-refractivity contribution is 14.1. The maximum atomic E-state index is 11.5. The van der Waals surface area contributed by atoms with Gasteiger partial charge in [-0.3, -0.25) is 0 Å². The molecule has 0 aliphatic carbocycles. The van der Waals surface area contributed by atoms with Crippen LogP contribution < -0.4 is 9.64 Å². The number of aryl methyl sites for hydroxylation is 1. The standard InChI is InChI=1S/C13H20N2O2.CH3I/c1-6-10-7-8-12(11(9-10)14(2)3)17-13(16)15(4)5;1-2/h7-9H,6H2,1-5H3;1H3. The number of anilines is 1. The quantitative estimate of drug-likeness (QED) is 0.597. The van der Waals surface area contributed by atoms with Gasteiger partial charge in [0.1, 0.15) is 0 Å². The molecule has 0 aromatic heterocycles. The third-order valence-corrected chi connectivity index (χ3v) is 2.48. The molecule has 108 valence electrons. The molecule has 0 unspecified atom stereocenters. The number of hydrogen-bond donors (Lipinski definition) is 0. The van der Waals surface area contributed by atoms with Crippen LogP contribution in [0.25, 0.3) is 0 Å². The zero-order valence-corrected chi connectivity index (χ0v) is 14.7. The van der Waals surface area contributed by atoms with Crippen molar-refractivity contribution in [3.63, 3.8) is 0 Å². The van der Waals surface area contributed by atoms with Crippen molar-refractivity contribution >= 4 is 34.4 Å². The fourth-order valence-electron chi connectivity index (χ4n) is 1.40. The van der Waals surface area contributed by atoms with Crippen molar-refractivity contribution in [2.45, 2.75) is 13.3 Å². The molecule has 1 rings (SSSR count). The lowest BCUT2D eigenvalue weighted by Crippen LogP contribution is -2.26. The van der Waals surface area contributed by atoms with Gasteiger partial charge in [0.2, 0.25) is 0 Å². The predicted octanol–water partition coefficient (Wildman–Crippen LogP) is 3.43. The van der Waals surface area contributed by atoms with Gasteiger partial charge in [0.15, 0.2) is 5.75 Å². The van der Waals surface area contributed by atoms with E-state index in [1.165, 1.54) is 10.5 Å². The smallest absolute Gasteiger partial charge is 0.408 e. The summed E-state index contributed by atoms with van der Waals surface area (Å²) in [4.78, 5) is 16.8. The van der Waals surface area contributed by atoms with Gasteiger partial charge in [-0.2, -0.15) is 0 Å². The Hall–Kier alpha value is -0.980. The van der Waals surface area contributed by atoms with E-state index in [1.807, 2.05) is 42.1 Å². The third kappa shape index (κ3) is 5.67. The molecule has 0 spiro atoms. The number of halogens is 1. The van der Waals surface area contributed by atoms with Crippen molar-refractivity contribution in [1.82, 2.24) is 4.90 Å². The van der Waals surface area contributed by atoms with E-state index >= 15 is 0 Å². The minimum atomic E-state index is -0.364. The van der Waals surface area contributed by atoms with Gasteiger partial charge in [-0.15, -0.1) is 0 Å². The fraction of sp³-hybridized carbons (Fsp3) is 0.500. The highest BCUT2D eigenvalue weighted by atomic mass is 127. The molecule has 0 N–H and O–H groups in total. The largest absolute Gasteiger partial charge is 0.414 e. The minimum Gasteiger partial charge on any atom is -0.408 e. The SMILES string of the molecule is CCc1ccc(OC(=O)N(C)C)c(N(C)C)c1.CI. The number of carbonyl (C=O) groups is 1. The lowest BCUT2D eigenvalue weighted by Gasteiger charge is -2.19. The highest BCUT2D eigenvalue weighted by Crippen LogP contribution is 2.28. The van der Waals surface area contributed by atoms with Gasteiger partial charge in [-0.1, -0.05) is 35.6 Å². The molecule has 0 fully saturated rings. The van der Waals surface area contributed by atoms with Crippen molar-refractivity contribution in [1.29, 1.82) is 0 Å². The molecule has 1 aromatic carbocycles. The normalized spacial score (nSPS) is 9.21. The Bertz CT molecular complexity index is 406. The number of amides is 1. The Balaban J connectivity index is 0.00000154. The summed E-state index contributed by atoms with van der Waals surface area (Å²) in [5.41, 5.74) is 2.14. The van der Waals surface area contributed by atoms with Crippen LogP contribution in [-0.2, 0) is 6.42 Å². The second-order valence-electron chi connectivity index (χ2n) is 4.31. The van der Waals surface area contributed by atoms with E-state index < -0.39 is 0 Å². The predicted molar refractivity (Wildman–Crippen MR) is 89.8 cm³/mol. The van der Waals surface area contributed by atoms with Crippen LogP contribution in [0.3, 0.4) is 0 Å². The second-order valence-corrected chi connectivity index (χ2v) is 4.31. The summed E-state index contributed by atoms with van der Waals surface area (Å²) >= 11 is 2.15. The van der Waals surface area contributed by atoms with Crippen LogP contribution in [0, 0.1) is 0 Å². The molecular weight excluding hydrogens is 355 g/mol. The number of carbonyl (C=O) groups excluding carboxylic acids is 1. The summed E-state index contributed by atoms with van der Waals surface area (Å²) in [6, 6.07) is 5.86. The maximum absolute atomic E-state index is 11.5. The third-order valence-electron chi connectivity index (χ3n) is 2.48. The van der Waals surface area contributed by atoms with Crippen molar-refractivity contribution in [3.05, 3.63) is 23.8 Å². The van der Waals surface area contributed by atoms with E-state index in [0.29, 0.717) is 5.75 Å². The second kappa shape index (κ2) is 9.01. The Morgan fingerprint density at radius 3 is 2.21 bits per heavy atom. The van der Waals surface area contributed by atoms with Crippen molar-refractivity contribution in [2.24, 2.45) is 0 Å². The van der Waals surface area contributed by atoms with E-state index in [9.17, 15) is 4.79 Å². The maximum Gasteiger partial charge on any atom is 0.414 e. The van der Waals surface area contributed by atoms with Gasteiger partial charge in [-0.05, 0) is 29.0 Å². The molecule has 0 bridgehead atoms. The zero-order chi connectivity index (χ0) is 15.0. The molecule has 1 aromatic rings. The molecular formula is C14H23IN2O2. The number of ether oxygens (including phenoxy) is 1. The summed E-state index contributed by atoms with van der Waals surface area (Å²) in [7, 11) is 7.19. The molecule has 1 amide bonds. The number of nitrogens with zero attached hydrogens (tertiary/aromatic N) is 2. The monoisotopic (exact) mass is 378 g/mol. The lowest BCUT2D eigenvalue weighted by atomic mass is 10.1. The average Bonchev–Trinajstić information content (AvgIpc) is 2.41. The van der Waals surface area contributed by atoms with Crippen molar-refractivity contribution < 1.29 is 9.53 Å². The average molecular weight is 378 g/mol. The Morgan fingerprint density at radius 1 is 1.21 bits per heavy atom. The number of benzene rings is 1. The number of alkyl halides is 1. The molecule has 0 saturated heterocycles. The highest BCUT2D eigenvalue weighted by Gasteiger charge is 2.12. The van der Waals surface area contributed by atoms with Crippen LogP contribution in [0.5, 0.6) is 5.75 Å². The summed E-state index contributed by atoms with van der Waals surface area (Å²) < 4.78 is 5.31. The Labute approximate surface area is 129 Å². The molecule has 0 aliphatic heterocycles. The first kappa shape index (κ1) is 18.0. The minimum absolute atomic E-state index is 0.364. The summed E-state index contributed by atoms with van der Waals surface area (Å²) in [6.45, 7) is 2.10. The van der Waals surface area contributed by atoms with E-state index in [-0.39, 0.29) is 6.09 Å². The molecule has 0 aliphatic rings. The Kier molecular flexibility index (Phi) is 8.54. The number of rotatable bonds is 3. The van der Waals surface area contributed by atoms with Crippen molar-refractivity contribution in [2.75, 3.05) is 38.0 Å². The Morgan fingerprint density at radius 2 is 1.79 bits per heavy atom. The summed E-state index contributed by atoms with van der Waals surface area (Å²) in [5, 5.41) is 0. The van der Waals surface area contributed by atoms with Crippen LogP contribution in [0.2, 0.25) is 0 Å². The van der Waals surface area contributed by atoms with Gasteiger partial charge in [-0.25, -0.2) is 4.79 Å². The molecule has 0 radical (unpaired) electrons. The van der Waals surface area contributed by atoms with Gasteiger partial charge in [0, 0.05) is 28.2 Å². The summed E-state index contributed by atoms with van der Waals surface area (Å²) in [5.74, 6) is 0.589. The number of hydrogen-bond acceptors (Lipinski definition) is 3. The lowest BCUT2D eigenvalue weighted by molar-refractivity contribution is 0.172. The molecule has 0 atom stereocenters. The topological polar surface area (TPSA) is 32.8 Å². The van der Waals surface area contributed by atoms with Crippen molar-refractivity contribution in [3.8, 4) is 5.75 Å². The van der Waals surface area contributed by atoms with Gasteiger partial charge >= 0.3 is 6.09 Å². The van der Waals surface area contributed by atoms with Gasteiger partial charge < -0.3 is 14.5 Å². The van der Waals surface area contributed by atoms with Gasteiger partial charge in [0.05, 0.1) is 5.69 Å². The molecule has 19 heavy (non-hydrogen) atoms. The van der Waals surface area contributed by atoms with Crippen LogP contribution in [0.15, 0.2) is 18.2 Å². The first-order valence-electron chi connectivity index (χ1n) is 6.03. The fourth-order valence-corrected chi connectivity index (χ4v) is 1.40. The van der Waals surface area contributed by atoms with E-state index in [0.717, 1.165) is 12.1 Å². The molecule has 5 heteroatoms. The van der Waals surface area contributed by atoms with Crippen LogP contribution in [-0.4, -0.2) is 44.1 Å². The molecule has 0 saturated carbocycles. The van der Waals surface area contributed by atoms with Crippen LogP contribution >= 0.6 is 22.6 Å². The van der Waals surface area contributed by atoms with E-state index in [2.05, 4.69) is 29.5 Å². The zero-order valence-electron chi connectivity index (χ0n) is 12.5. The summed E-state index contributed by atoms with van der Waals surface area (Å²) in [6.07, 6.45) is 0.597. The molecule has 4 nitrogen and oxygen atoms in total. The van der Waals surface area contributed by atoms with Crippen LogP contribution in [0.4, 0.5) is 10.5 Å². The van der Waals surface area contributed by atoms with E-state index in [4.69, 9.17) is 4.74 Å².